The largest absolute Gasteiger partial charge is 0.493 e. The van der Waals surface area contributed by atoms with E-state index in [2.05, 4.69) is 0 Å². The van der Waals surface area contributed by atoms with Crippen LogP contribution in [-0.4, -0.2) is 12.9 Å². The predicted octanol–water partition coefficient (Wildman–Crippen LogP) is 4.62. The Kier molecular flexibility index (Phi) is 3.93. The Bertz CT molecular complexity index is 890. The number of para-hydroxylation sites is 1. The zero-order chi connectivity index (χ0) is 16.4. The lowest BCUT2D eigenvalue weighted by Crippen LogP contribution is -1.93. The second-order valence-corrected chi connectivity index (χ2v) is 4.82. The van der Waals surface area contributed by atoms with Crippen molar-refractivity contribution in [2.75, 3.05) is 7.11 Å². The van der Waals surface area contributed by atoms with Gasteiger partial charge in [0.05, 0.1) is 7.11 Å². The molecular weight excluding hydrogens is 302 g/mol. The first-order chi connectivity index (χ1) is 11.1. The van der Waals surface area contributed by atoms with Crippen LogP contribution in [0.3, 0.4) is 0 Å². The van der Waals surface area contributed by atoms with Crippen LogP contribution in [0.25, 0.3) is 17.0 Å². The molecule has 0 N–H and O–H groups in total. The van der Waals surface area contributed by atoms with E-state index in [-0.39, 0.29) is 11.3 Å². The number of hydrogen-bond donors (Lipinski definition) is 0. The molecule has 0 atom stereocenters. The fourth-order valence-electron chi connectivity index (χ4n) is 2.23. The number of benzene rings is 2. The third-order valence-electron chi connectivity index (χ3n) is 3.37. The third kappa shape index (κ3) is 2.85. The van der Waals surface area contributed by atoms with Crippen molar-refractivity contribution < 1.29 is 22.7 Å². The Hall–Kier alpha value is -2.95. The molecule has 0 aliphatic heterocycles. The number of carbonyl (C=O) groups excluding carboxylic acids is 1. The lowest BCUT2D eigenvalue weighted by Gasteiger charge is -1.98. The summed E-state index contributed by atoms with van der Waals surface area (Å²) in [4.78, 5) is 12.1. The summed E-state index contributed by atoms with van der Waals surface area (Å²) < 4.78 is 37.7. The van der Waals surface area contributed by atoms with Crippen LogP contribution in [0.1, 0.15) is 16.1 Å². The van der Waals surface area contributed by atoms with Gasteiger partial charge in [0.25, 0.3) is 0 Å². The fraction of sp³-hybridized carbons (Fsp3) is 0.0556. The fourth-order valence-corrected chi connectivity index (χ4v) is 2.23. The lowest BCUT2D eigenvalue weighted by atomic mass is 10.1. The monoisotopic (exact) mass is 314 g/mol. The second-order valence-electron chi connectivity index (χ2n) is 4.82. The summed E-state index contributed by atoms with van der Waals surface area (Å²) in [6.07, 6.45) is 2.17. The first-order valence-electron chi connectivity index (χ1n) is 6.83. The minimum Gasteiger partial charge on any atom is -0.493 e. The van der Waals surface area contributed by atoms with Gasteiger partial charge in [-0.2, -0.15) is 0 Å². The van der Waals surface area contributed by atoms with Gasteiger partial charge in [-0.25, -0.2) is 8.78 Å². The summed E-state index contributed by atoms with van der Waals surface area (Å²) in [5.41, 5.74) is 0.179. The van der Waals surface area contributed by atoms with Gasteiger partial charge in [0.1, 0.15) is 11.6 Å². The molecule has 116 valence electrons. The van der Waals surface area contributed by atoms with Crippen LogP contribution in [0.5, 0.6) is 5.75 Å². The quantitative estimate of drug-likeness (QED) is 0.521. The van der Waals surface area contributed by atoms with E-state index in [1.807, 2.05) is 0 Å². The average molecular weight is 314 g/mol. The molecule has 0 spiro atoms. The normalized spacial score (nSPS) is 11.3. The van der Waals surface area contributed by atoms with Gasteiger partial charge in [0.2, 0.25) is 5.78 Å². The van der Waals surface area contributed by atoms with Crippen molar-refractivity contribution in [3.63, 3.8) is 0 Å². The van der Waals surface area contributed by atoms with Crippen molar-refractivity contribution in [3.05, 3.63) is 71.5 Å². The van der Waals surface area contributed by atoms with Crippen LogP contribution >= 0.6 is 0 Å². The van der Waals surface area contributed by atoms with Crippen LogP contribution in [0.4, 0.5) is 8.78 Å². The van der Waals surface area contributed by atoms with Crippen molar-refractivity contribution in [2.45, 2.75) is 0 Å². The van der Waals surface area contributed by atoms with E-state index >= 15 is 0 Å². The maximum atomic E-state index is 13.5. The Morgan fingerprint density at radius 1 is 1.13 bits per heavy atom. The Labute approximate surface area is 130 Å². The highest BCUT2D eigenvalue weighted by Crippen LogP contribution is 2.28. The molecule has 0 unspecified atom stereocenters. The summed E-state index contributed by atoms with van der Waals surface area (Å²) in [6.45, 7) is 0. The molecule has 0 fully saturated rings. The predicted molar refractivity (Wildman–Crippen MR) is 82.5 cm³/mol. The van der Waals surface area contributed by atoms with Crippen molar-refractivity contribution in [2.24, 2.45) is 0 Å². The minimum absolute atomic E-state index is 0.0671. The molecule has 5 heteroatoms. The Balaban J connectivity index is 1.93. The number of furan rings is 1. The summed E-state index contributed by atoms with van der Waals surface area (Å²) >= 11 is 0. The summed E-state index contributed by atoms with van der Waals surface area (Å²) in [7, 11) is 1.50. The van der Waals surface area contributed by atoms with E-state index in [1.165, 1.54) is 13.2 Å². The average Bonchev–Trinajstić information content (AvgIpc) is 2.98. The molecule has 0 aliphatic rings. The molecule has 1 aromatic heterocycles. The van der Waals surface area contributed by atoms with Crippen molar-refractivity contribution in [1.82, 2.24) is 0 Å². The highest BCUT2D eigenvalue weighted by Gasteiger charge is 2.13. The zero-order valence-corrected chi connectivity index (χ0v) is 12.2. The van der Waals surface area contributed by atoms with Crippen LogP contribution in [0, 0.1) is 11.6 Å². The van der Waals surface area contributed by atoms with Crippen LogP contribution < -0.4 is 4.74 Å². The summed E-state index contributed by atoms with van der Waals surface area (Å²) in [6, 6.07) is 10.3. The standard InChI is InChI=1S/C18H12F2O3/c1-22-16-7-2-4-11-10-17(23-18(11)16)15(21)9-8-12-13(19)5-3-6-14(12)20/h2-10H,1H3/b9-8+. The number of halogens is 2. The topological polar surface area (TPSA) is 39.4 Å². The van der Waals surface area contributed by atoms with Crippen LogP contribution in [0.15, 0.2) is 53.0 Å². The molecule has 3 nitrogen and oxygen atoms in total. The van der Waals surface area contributed by atoms with Gasteiger partial charge >= 0.3 is 0 Å². The van der Waals surface area contributed by atoms with E-state index in [0.717, 1.165) is 24.3 Å². The maximum Gasteiger partial charge on any atom is 0.221 e. The van der Waals surface area contributed by atoms with Crippen molar-refractivity contribution in [3.8, 4) is 5.75 Å². The molecule has 1 heterocycles. The Morgan fingerprint density at radius 2 is 1.83 bits per heavy atom. The molecule has 23 heavy (non-hydrogen) atoms. The first kappa shape index (κ1) is 15.0. The molecule has 2 aromatic carbocycles. The van der Waals surface area contributed by atoms with Gasteiger partial charge < -0.3 is 9.15 Å². The second kappa shape index (κ2) is 6.04. The Morgan fingerprint density at radius 3 is 2.52 bits per heavy atom. The number of ketones is 1. The van der Waals surface area contributed by atoms with Crippen LogP contribution in [-0.2, 0) is 0 Å². The first-order valence-corrected chi connectivity index (χ1v) is 6.83. The smallest absolute Gasteiger partial charge is 0.221 e. The molecule has 3 aromatic rings. The van der Waals surface area contributed by atoms with E-state index < -0.39 is 17.4 Å². The van der Waals surface area contributed by atoms with Crippen molar-refractivity contribution in [1.29, 1.82) is 0 Å². The number of rotatable bonds is 4. The molecule has 0 saturated heterocycles. The van der Waals surface area contributed by atoms with E-state index in [0.29, 0.717) is 16.7 Å². The summed E-state index contributed by atoms with van der Waals surface area (Å²) in [5.74, 6) is -1.39. The molecule has 0 saturated carbocycles. The van der Waals surface area contributed by atoms with Gasteiger partial charge in [-0.3, -0.25) is 4.79 Å². The van der Waals surface area contributed by atoms with E-state index in [1.54, 1.807) is 24.3 Å². The molecule has 0 aliphatic carbocycles. The number of ether oxygens (including phenoxy) is 1. The number of methoxy groups -OCH3 is 1. The number of allylic oxidation sites excluding steroid dienone is 1. The maximum absolute atomic E-state index is 13.5. The molecule has 0 radical (unpaired) electrons. The SMILES string of the molecule is COc1cccc2cc(C(=O)/C=C/c3c(F)cccc3F)oc12. The number of carbonyl (C=O) groups is 1. The highest BCUT2D eigenvalue weighted by molar-refractivity contribution is 6.07. The number of fused-ring (bicyclic) bond motifs is 1. The molecule has 0 amide bonds. The van der Waals surface area contributed by atoms with Crippen LogP contribution in [0.2, 0.25) is 0 Å². The van der Waals surface area contributed by atoms with E-state index in [4.69, 9.17) is 9.15 Å². The van der Waals surface area contributed by atoms with Crippen molar-refractivity contribution >= 4 is 22.8 Å². The molecule has 3 rings (SSSR count). The highest BCUT2D eigenvalue weighted by atomic mass is 19.1. The van der Waals surface area contributed by atoms with Gasteiger partial charge in [-0.1, -0.05) is 18.2 Å². The van der Waals surface area contributed by atoms with E-state index in [9.17, 15) is 13.6 Å². The summed E-state index contributed by atoms with van der Waals surface area (Å²) in [5, 5.41) is 0.707. The van der Waals surface area contributed by atoms with Gasteiger partial charge in [-0.05, 0) is 36.4 Å². The lowest BCUT2D eigenvalue weighted by molar-refractivity contribution is 0.102. The molecular formula is C18H12F2O3. The van der Waals surface area contributed by atoms with Gasteiger partial charge in [0.15, 0.2) is 17.1 Å². The van der Waals surface area contributed by atoms with Gasteiger partial charge in [-0.15, -0.1) is 0 Å². The molecule has 0 bridgehead atoms. The number of hydrogen-bond acceptors (Lipinski definition) is 3. The van der Waals surface area contributed by atoms with Gasteiger partial charge in [0, 0.05) is 10.9 Å². The third-order valence-corrected chi connectivity index (χ3v) is 3.37. The minimum atomic E-state index is -0.736. The zero-order valence-electron chi connectivity index (χ0n) is 12.2.